The number of hydrogen-bond acceptors (Lipinski definition) is 3. The van der Waals surface area contributed by atoms with Gasteiger partial charge in [-0.05, 0) is 37.1 Å². The van der Waals surface area contributed by atoms with Crippen LogP contribution in [-0.4, -0.2) is 20.4 Å². The van der Waals surface area contributed by atoms with Crippen molar-refractivity contribution in [3.63, 3.8) is 0 Å². The van der Waals surface area contributed by atoms with Crippen LogP contribution in [0.1, 0.15) is 25.0 Å². The van der Waals surface area contributed by atoms with Gasteiger partial charge < -0.3 is 11.1 Å². The quantitative estimate of drug-likeness (QED) is 0.522. The van der Waals surface area contributed by atoms with E-state index in [0.29, 0.717) is 12.5 Å². The Morgan fingerprint density at radius 3 is 2.24 bits per heavy atom. The Labute approximate surface area is 149 Å². The number of hydrogen-bond donors (Lipinski definition) is 3. The Morgan fingerprint density at radius 2 is 1.64 bits per heavy atom. The summed E-state index contributed by atoms with van der Waals surface area (Å²) in [6.07, 6.45) is 0. The standard InChI is InChI=1S/C18H24N4O2S/c1-14(2)22-25(23,24)13-16-10-8-15(9-11-16)12-20-18(19)21-17-6-4-3-5-7-17/h3-11,14,22H,12-13H2,1-2H3,(H3,19,20,21). The molecule has 0 atom stereocenters. The molecule has 0 fully saturated rings. The van der Waals surface area contributed by atoms with Crippen molar-refractivity contribution in [3.8, 4) is 0 Å². The molecule has 0 aliphatic heterocycles. The monoisotopic (exact) mass is 360 g/mol. The van der Waals surface area contributed by atoms with E-state index in [1.54, 1.807) is 26.0 Å². The van der Waals surface area contributed by atoms with Crippen LogP contribution in [0.15, 0.2) is 59.6 Å². The summed E-state index contributed by atoms with van der Waals surface area (Å²) in [5.41, 5.74) is 8.43. The molecule has 2 rings (SSSR count). The molecule has 0 bridgehead atoms. The number of nitrogens with one attached hydrogen (secondary N) is 2. The highest BCUT2D eigenvalue weighted by Crippen LogP contribution is 2.10. The second-order valence-corrected chi connectivity index (χ2v) is 7.79. The Balaban J connectivity index is 1.93. The summed E-state index contributed by atoms with van der Waals surface area (Å²) in [5.74, 6) is 0.297. The zero-order valence-electron chi connectivity index (χ0n) is 14.4. The van der Waals surface area contributed by atoms with Gasteiger partial charge >= 0.3 is 0 Å². The number of aliphatic imine (C=N–C) groups is 1. The van der Waals surface area contributed by atoms with Gasteiger partial charge in [0.1, 0.15) is 0 Å². The Kier molecular flexibility index (Phi) is 6.55. The lowest BCUT2D eigenvalue weighted by molar-refractivity contribution is 0.569. The van der Waals surface area contributed by atoms with Gasteiger partial charge in [0.15, 0.2) is 5.96 Å². The minimum Gasteiger partial charge on any atom is -0.370 e. The largest absolute Gasteiger partial charge is 0.370 e. The Morgan fingerprint density at radius 1 is 1.04 bits per heavy atom. The molecule has 0 aliphatic rings. The normalized spacial score (nSPS) is 12.4. The minimum atomic E-state index is -3.31. The number of guanidine groups is 1. The van der Waals surface area contributed by atoms with Crippen molar-refractivity contribution in [2.75, 3.05) is 5.32 Å². The van der Waals surface area contributed by atoms with Crippen molar-refractivity contribution in [2.24, 2.45) is 10.7 Å². The molecule has 0 amide bonds. The van der Waals surface area contributed by atoms with Crippen LogP contribution >= 0.6 is 0 Å². The number of benzene rings is 2. The summed E-state index contributed by atoms with van der Waals surface area (Å²) >= 11 is 0. The van der Waals surface area contributed by atoms with E-state index in [9.17, 15) is 8.42 Å². The minimum absolute atomic E-state index is 0.0353. The number of anilines is 1. The van der Waals surface area contributed by atoms with E-state index in [0.717, 1.165) is 16.8 Å². The van der Waals surface area contributed by atoms with E-state index in [-0.39, 0.29) is 11.8 Å². The lowest BCUT2D eigenvalue weighted by atomic mass is 10.1. The molecule has 0 spiro atoms. The molecule has 0 radical (unpaired) electrons. The van der Waals surface area contributed by atoms with Crippen molar-refractivity contribution in [1.29, 1.82) is 0 Å². The van der Waals surface area contributed by atoms with Crippen LogP contribution in [0, 0.1) is 0 Å². The molecule has 0 aliphatic carbocycles. The fourth-order valence-corrected chi connectivity index (χ4v) is 3.68. The number of nitrogens with two attached hydrogens (primary N) is 1. The predicted octanol–water partition coefficient (Wildman–Crippen LogP) is 2.44. The molecule has 0 saturated heterocycles. The number of sulfonamides is 1. The van der Waals surface area contributed by atoms with Crippen molar-refractivity contribution in [3.05, 3.63) is 65.7 Å². The van der Waals surface area contributed by atoms with E-state index in [1.165, 1.54) is 0 Å². The molecule has 6 nitrogen and oxygen atoms in total. The van der Waals surface area contributed by atoms with Gasteiger partial charge in [-0.2, -0.15) is 0 Å². The van der Waals surface area contributed by atoms with Gasteiger partial charge in [0.2, 0.25) is 10.0 Å². The third-order valence-corrected chi connectivity index (χ3v) is 4.82. The van der Waals surface area contributed by atoms with E-state index in [4.69, 9.17) is 5.73 Å². The first-order chi connectivity index (χ1) is 11.8. The molecule has 7 heteroatoms. The second-order valence-electron chi connectivity index (χ2n) is 6.04. The zero-order chi connectivity index (χ0) is 18.3. The molecule has 2 aromatic carbocycles. The summed E-state index contributed by atoms with van der Waals surface area (Å²) in [6.45, 7) is 4.02. The first-order valence-electron chi connectivity index (χ1n) is 8.04. The van der Waals surface area contributed by atoms with Crippen LogP contribution in [0.5, 0.6) is 0 Å². The zero-order valence-corrected chi connectivity index (χ0v) is 15.3. The van der Waals surface area contributed by atoms with E-state index >= 15 is 0 Å². The highest BCUT2D eigenvalue weighted by molar-refractivity contribution is 7.88. The highest BCUT2D eigenvalue weighted by atomic mass is 32.2. The van der Waals surface area contributed by atoms with Crippen LogP contribution < -0.4 is 15.8 Å². The van der Waals surface area contributed by atoms with Gasteiger partial charge in [0.05, 0.1) is 12.3 Å². The summed E-state index contributed by atoms with van der Waals surface area (Å²) < 4.78 is 26.4. The SMILES string of the molecule is CC(C)NS(=O)(=O)Cc1ccc(CN=C(N)Nc2ccccc2)cc1. The first kappa shape index (κ1) is 19.0. The number of nitrogens with zero attached hydrogens (tertiary/aromatic N) is 1. The summed E-state index contributed by atoms with van der Waals surface area (Å²) in [5, 5.41) is 3.01. The molecule has 0 unspecified atom stereocenters. The van der Waals surface area contributed by atoms with Crippen molar-refractivity contribution in [2.45, 2.75) is 32.2 Å². The molecule has 134 valence electrons. The molecule has 4 N–H and O–H groups in total. The van der Waals surface area contributed by atoms with Crippen LogP contribution in [0.3, 0.4) is 0 Å². The lowest BCUT2D eigenvalue weighted by Gasteiger charge is -2.09. The average molecular weight is 360 g/mol. The third-order valence-electron chi connectivity index (χ3n) is 3.27. The molecular formula is C18H24N4O2S. The maximum Gasteiger partial charge on any atom is 0.216 e. The summed E-state index contributed by atoms with van der Waals surface area (Å²) in [6, 6.07) is 16.8. The maximum atomic E-state index is 11.9. The van der Waals surface area contributed by atoms with Crippen LogP contribution in [0.25, 0.3) is 0 Å². The van der Waals surface area contributed by atoms with Gasteiger partial charge in [0, 0.05) is 11.7 Å². The molecule has 25 heavy (non-hydrogen) atoms. The Bertz CT molecular complexity index is 801. The van der Waals surface area contributed by atoms with Crippen molar-refractivity contribution >= 4 is 21.7 Å². The molecular weight excluding hydrogens is 336 g/mol. The van der Waals surface area contributed by atoms with Crippen LogP contribution in [0.2, 0.25) is 0 Å². The predicted molar refractivity (Wildman–Crippen MR) is 103 cm³/mol. The van der Waals surface area contributed by atoms with Crippen molar-refractivity contribution < 1.29 is 8.42 Å². The van der Waals surface area contributed by atoms with E-state index < -0.39 is 10.0 Å². The van der Waals surface area contributed by atoms with Gasteiger partial charge in [-0.1, -0.05) is 42.5 Å². The molecule has 0 aromatic heterocycles. The van der Waals surface area contributed by atoms with Gasteiger partial charge in [-0.25, -0.2) is 18.1 Å². The molecule has 2 aromatic rings. The number of para-hydroxylation sites is 1. The maximum absolute atomic E-state index is 11.9. The Hall–Kier alpha value is -2.38. The van der Waals surface area contributed by atoms with Crippen molar-refractivity contribution in [1.82, 2.24) is 4.72 Å². The average Bonchev–Trinajstić information content (AvgIpc) is 2.53. The van der Waals surface area contributed by atoms with Crippen LogP contribution in [0.4, 0.5) is 5.69 Å². The third kappa shape index (κ3) is 6.94. The van der Waals surface area contributed by atoms with Gasteiger partial charge in [0.25, 0.3) is 0 Å². The first-order valence-corrected chi connectivity index (χ1v) is 9.69. The fraction of sp³-hybridized carbons (Fsp3) is 0.278. The van der Waals surface area contributed by atoms with Gasteiger partial charge in [-0.3, -0.25) is 0 Å². The highest BCUT2D eigenvalue weighted by Gasteiger charge is 2.12. The van der Waals surface area contributed by atoms with E-state index in [1.807, 2.05) is 42.5 Å². The fourth-order valence-electron chi connectivity index (χ4n) is 2.25. The molecule has 0 heterocycles. The topological polar surface area (TPSA) is 96.6 Å². The number of rotatable bonds is 7. The summed E-state index contributed by atoms with van der Waals surface area (Å²) in [7, 11) is -3.31. The second kappa shape index (κ2) is 8.64. The van der Waals surface area contributed by atoms with Gasteiger partial charge in [-0.15, -0.1) is 0 Å². The molecule has 0 saturated carbocycles. The smallest absolute Gasteiger partial charge is 0.216 e. The lowest BCUT2D eigenvalue weighted by Crippen LogP contribution is -2.31. The summed E-state index contributed by atoms with van der Waals surface area (Å²) in [4.78, 5) is 4.29. The van der Waals surface area contributed by atoms with Crippen LogP contribution in [-0.2, 0) is 22.3 Å². The van der Waals surface area contributed by atoms with E-state index in [2.05, 4.69) is 15.0 Å².